The van der Waals surface area contributed by atoms with Gasteiger partial charge < -0.3 is 14.6 Å². The molecule has 3 aliphatic rings. The highest BCUT2D eigenvalue weighted by atomic mass is 16.5. The highest BCUT2D eigenvalue weighted by Crippen LogP contribution is 2.60. The van der Waals surface area contributed by atoms with Crippen LogP contribution in [0.1, 0.15) is 42.9 Å². The molecule has 4 rings (SSSR count). The summed E-state index contributed by atoms with van der Waals surface area (Å²) in [6.07, 6.45) is 6.81. The summed E-state index contributed by atoms with van der Waals surface area (Å²) in [6, 6.07) is 4.59. The summed E-state index contributed by atoms with van der Waals surface area (Å²) in [6.45, 7) is 3.13. The second-order valence-electron chi connectivity index (χ2n) is 7.81. The number of aromatic hydroxyl groups is 1. The number of benzene rings is 1. The van der Waals surface area contributed by atoms with Crippen molar-refractivity contribution in [1.82, 2.24) is 4.90 Å². The van der Waals surface area contributed by atoms with E-state index in [0.717, 1.165) is 55.5 Å². The fraction of sp³-hybridized carbons (Fsp3) is 0.619. The van der Waals surface area contributed by atoms with Crippen LogP contribution in [-0.4, -0.2) is 49.5 Å². The molecule has 3 unspecified atom stereocenters. The monoisotopic (exact) mass is 343 g/mol. The zero-order chi connectivity index (χ0) is 17.8. The minimum Gasteiger partial charge on any atom is -0.507 e. The number of rotatable bonds is 3. The van der Waals surface area contributed by atoms with Crippen LogP contribution in [0, 0.1) is 0 Å². The van der Waals surface area contributed by atoms with Gasteiger partial charge in [0.1, 0.15) is 11.4 Å². The van der Waals surface area contributed by atoms with Crippen LogP contribution in [0.3, 0.4) is 0 Å². The van der Waals surface area contributed by atoms with Gasteiger partial charge in [-0.2, -0.15) is 0 Å². The van der Waals surface area contributed by atoms with Crippen molar-refractivity contribution in [3.8, 4) is 5.75 Å². The fourth-order valence-corrected chi connectivity index (χ4v) is 5.75. The number of allylic oxidation sites excluding steroid dienone is 1. The Labute approximate surface area is 150 Å². The van der Waals surface area contributed by atoms with Crippen LogP contribution in [0.15, 0.2) is 24.0 Å². The Bertz CT molecular complexity index is 728. The number of piperidine rings is 1. The van der Waals surface area contributed by atoms with Gasteiger partial charge in [0, 0.05) is 30.6 Å². The Morgan fingerprint density at radius 1 is 1.28 bits per heavy atom. The Hall–Kier alpha value is -1.52. The van der Waals surface area contributed by atoms with Crippen molar-refractivity contribution < 1.29 is 14.6 Å². The van der Waals surface area contributed by atoms with Gasteiger partial charge in [0.15, 0.2) is 0 Å². The molecule has 1 heterocycles. The number of likely N-dealkylation sites (tertiary alicyclic amines) is 1. The van der Waals surface area contributed by atoms with Gasteiger partial charge in [-0.1, -0.05) is 19.1 Å². The molecule has 1 N–H and O–H groups in total. The molecule has 0 spiro atoms. The van der Waals surface area contributed by atoms with Crippen molar-refractivity contribution in [2.45, 2.75) is 56.1 Å². The molecule has 4 heteroatoms. The molecular weight excluding hydrogens is 314 g/mol. The maximum Gasteiger partial charge on any atom is 0.122 e. The molecule has 0 aromatic heterocycles. The minimum atomic E-state index is -0.444. The highest BCUT2D eigenvalue weighted by Gasteiger charge is 2.64. The lowest BCUT2D eigenvalue weighted by atomic mass is 9.50. The first-order valence-corrected chi connectivity index (χ1v) is 9.38. The highest BCUT2D eigenvalue weighted by molar-refractivity contribution is 5.57. The number of methoxy groups -OCH3 is 2. The smallest absolute Gasteiger partial charge is 0.122 e. The van der Waals surface area contributed by atoms with Crippen molar-refractivity contribution in [2.24, 2.45) is 0 Å². The number of phenols is 1. The third kappa shape index (κ3) is 2.01. The Balaban J connectivity index is 2.02. The third-order valence-corrected chi connectivity index (χ3v) is 7.06. The van der Waals surface area contributed by atoms with Crippen LogP contribution in [0.25, 0.3) is 0 Å². The minimum absolute atomic E-state index is 0.177. The SMILES string of the molecule is CCc1ccc2c(c1O)C13CCC(OC)=CC1(OC)C(C2)N(C)CC3. The van der Waals surface area contributed by atoms with Gasteiger partial charge in [0.25, 0.3) is 0 Å². The number of fused-ring (bicyclic) bond motifs is 1. The molecule has 1 fully saturated rings. The molecule has 1 aliphatic heterocycles. The van der Waals surface area contributed by atoms with Crippen molar-refractivity contribution in [2.75, 3.05) is 27.8 Å². The third-order valence-electron chi connectivity index (χ3n) is 7.06. The molecule has 25 heavy (non-hydrogen) atoms. The quantitative estimate of drug-likeness (QED) is 0.915. The summed E-state index contributed by atoms with van der Waals surface area (Å²) in [7, 11) is 5.76. The largest absolute Gasteiger partial charge is 0.507 e. The Morgan fingerprint density at radius 2 is 2.08 bits per heavy atom. The number of ether oxygens (including phenoxy) is 2. The lowest BCUT2D eigenvalue weighted by Crippen LogP contribution is -2.71. The normalized spacial score (nSPS) is 34.1. The molecule has 1 aromatic rings. The van der Waals surface area contributed by atoms with E-state index in [1.165, 1.54) is 5.56 Å². The van der Waals surface area contributed by atoms with E-state index in [9.17, 15) is 5.11 Å². The molecule has 2 bridgehead atoms. The predicted octanol–water partition coefficient (Wildman–Crippen LogP) is 3.16. The summed E-state index contributed by atoms with van der Waals surface area (Å²) in [5.74, 6) is 1.51. The number of phenolic OH excluding ortho intramolecular Hbond substituents is 1. The molecule has 1 aromatic carbocycles. The molecule has 0 amide bonds. The van der Waals surface area contributed by atoms with E-state index in [1.54, 1.807) is 7.11 Å². The number of likely N-dealkylation sites (N-methyl/N-ethyl adjacent to an activating group) is 1. The number of aryl methyl sites for hydroxylation is 1. The van der Waals surface area contributed by atoms with Crippen molar-refractivity contribution >= 4 is 0 Å². The first-order valence-electron chi connectivity index (χ1n) is 9.38. The van der Waals surface area contributed by atoms with E-state index in [-0.39, 0.29) is 11.5 Å². The molecular formula is C21H29NO3. The average molecular weight is 343 g/mol. The van der Waals surface area contributed by atoms with Crippen LogP contribution in [0.5, 0.6) is 5.75 Å². The van der Waals surface area contributed by atoms with Crippen molar-refractivity contribution in [3.63, 3.8) is 0 Å². The Morgan fingerprint density at radius 3 is 2.76 bits per heavy atom. The number of hydrogen-bond donors (Lipinski definition) is 1. The molecule has 0 saturated carbocycles. The first-order chi connectivity index (χ1) is 12.0. The van der Waals surface area contributed by atoms with Crippen LogP contribution >= 0.6 is 0 Å². The lowest BCUT2D eigenvalue weighted by Gasteiger charge is -2.63. The Kier molecular flexibility index (Phi) is 3.89. The summed E-state index contributed by atoms with van der Waals surface area (Å²) < 4.78 is 11.9. The van der Waals surface area contributed by atoms with E-state index in [4.69, 9.17) is 9.47 Å². The predicted molar refractivity (Wildman–Crippen MR) is 98.0 cm³/mol. The van der Waals surface area contributed by atoms with Gasteiger partial charge in [-0.05, 0) is 56.5 Å². The first kappa shape index (κ1) is 16.9. The molecule has 0 radical (unpaired) electrons. The van der Waals surface area contributed by atoms with Gasteiger partial charge >= 0.3 is 0 Å². The second kappa shape index (κ2) is 5.75. The van der Waals surface area contributed by atoms with E-state index in [0.29, 0.717) is 5.75 Å². The summed E-state index contributed by atoms with van der Waals surface area (Å²) >= 11 is 0. The van der Waals surface area contributed by atoms with Gasteiger partial charge in [-0.3, -0.25) is 4.90 Å². The summed E-state index contributed by atoms with van der Waals surface area (Å²) in [4.78, 5) is 2.42. The molecule has 2 aliphatic carbocycles. The van der Waals surface area contributed by atoms with Crippen molar-refractivity contribution in [1.29, 1.82) is 0 Å². The number of hydrogen-bond acceptors (Lipinski definition) is 4. The maximum absolute atomic E-state index is 11.2. The van der Waals surface area contributed by atoms with E-state index in [2.05, 4.69) is 37.1 Å². The molecule has 3 atom stereocenters. The maximum atomic E-state index is 11.2. The van der Waals surface area contributed by atoms with Crippen molar-refractivity contribution in [3.05, 3.63) is 40.7 Å². The summed E-state index contributed by atoms with van der Waals surface area (Å²) in [5.41, 5.74) is 2.85. The van der Waals surface area contributed by atoms with E-state index in [1.807, 2.05) is 7.11 Å². The van der Waals surface area contributed by atoms with Gasteiger partial charge in [0.05, 0.1) is 12.9 Å². The molecule has 136 valence electrons. The van der Waals surface area contributed by atoms with Gasteiger partial charge in [0.2, 0.25) is 0 Å². The van der Waals surface area contributed by atoms with Gasteiger partial charge in [-0.25, -0.2) is 0 Å². The lowest BCUT2D eigenvalue weighted by molar-refractivity contribution is -0.140. The van der Waals surface area contributed by atoms with E-state index < -0.39 is 5.60 Å². The zero-order valence-electron chi connectivity index (χ0n) is 15.8. The summed E-state index contributed by atoms with van der Waals surface area (Å²) in [5, 5.41) is 11.2. The molecule has 4 nitrogen and oxygen atoms in total. The van der Waals surface area contributed by atoms with E-state index >= 15 is 0 Å². The van der Waals surface area contributed by atoms with Crippen LogP contribution in [-0.2, 0) is 27.7 Å². The number of nitrogens with zero attached hydrogens (tertiary/aromatic N) is 1. The van der Waals surface area contributed by atoms with Crippen LogP contribution in [0.2, 0.25) is 0 Å². The van der Waals surface area contributed by atoms with Gasteiger partial charge in [-0.15, -0.1) is 0 Å². The topological polar surface area (TPSA) is 41.9 Å². The van der Waals surface area contributed by atoms with Crippen LogP contribution < -0.4 is 0 Å². The zero-order valence-corrected chi connectivity index (χ0v) is 15.8. The fourth-order valence-electron chi connectivity index (χ4n) is 5.75. The standard InChI is InChI=1S/C21H29NO3/c1-5-14-6-7-15-12-17-21(25-4)13-16(24-3)8-9-20(21,10-11-22(17)2)18(15)19(14)23/h6-7,13,17,23H,5,8-12H2,1-4H3. The molecule has 1 saturated heterocycles. The second-order valence-corrected chi connectivity index (χ2v) is 7.81. The van der Waals surface area contributed by atoms with Crippen LogP contribution in [0.4, 0.5) is 0 Å². The average Bonchev–Trinajstić information content (AvgIpc) is 2.64.